The lowest BCUT2D eigenvalue weighted by Gasteiger charge is -2.17. The Labute approximate surface area is 129 Å². The molecule has 0 spiro atoms. The van der Waals surface area contributed by atoms with Gasteiger partial charge in [0.05, 0.1) is 17.4 Å². The van der Waals surface area contributed by atoms with Gasteiger partial charge in [0.25, 0.3) is 5.91 Å². The third kappa shape index (κ3) is 3.34. The number of nitrogens with zero attached hydrogens (tertiary/aromatic N) is 1. The maximum atomic E-state index is 12.4. The highest BCUT2D eigenvalue weighted by Crippen LogP contribution is 2.28. The molecule has 0 aliphatic heterocycles. The zero-order chi connectivity index (χ0) is 15.6. The summed E-state index contributed by atoms with van der Waals surface area (Å²) in [6.07, 6.45) is 1.39. The molecule has 1 heterocycles. The number of aromatic nitrogens is 1. The first-order valence-corrected chi connectivity index (χ1v) is 7.09. The van der Waals surface area contributed by atoms with Gasteiger partial charge in [-0.3, -0.25) is 4.79 Å². The van der Waals surface area contributed by atoms with Crippen molar-refractivity contribution in [3.8, 4) is 0 Å². The Balaban J connectivity index is 2.38. The van der Waals surface area contributed by atoms with E-state index in [1.807, 2.05) is 25.1 Å². The third-order valence-corrected chi connectivity index (χ3v) is 3.52. The van der Waals surface area contributed by atoms with Gasteiger partial charge in [-0.1, -0.05) is 43.6 Å². The second-order valence-electron chi connectivity index (χ2n) is 5.24. The number of amides is 1. The van der Waals surface area contributed by atoms with Gasteiger partial charge in [-0.2, -0.15) is 0 Å². The predicted molar refractivity (Wildman–Crippen MR) is 86.9 cm³/mol. The standard InChI is InChI=1S/C16H18ClN3O/c1-9(2)11-6-4-5-10(3)15(11)20-16(21)12-7-14(17)19-8-13(12)18/h4-9H,18H2,1-3H3,(H,20,21). The molecule has 4 nitrogen and oxygen atoms in total. The van der Waals surface area contributed by atoms with Crippen LogP contribution < -0.4 is 11.1 Å². The Morgan fingerprint density at radius 1 is 1.38 bits per heavy atom. The highest BCUT2D eigenvalue weighted by Gasteiger charge is 2.15. The van der Waals surface area contributed by atoms with Crippen molar-refractivity contribution in [3.63, 3.8) is 0 Å². The summed E-state index contributed by atoms with van der Waals surface area (Å²) in [5.41, 5.74) is 9.34. The number of anilines is 2. The van der Waals surface area contributed by atoms with Crippen LogP contribution in [0.5, 0.6) is 0 Å². The Bertz CT molecular complexity index is 683. The molecule has 21 heavy (non-hydrogen) atoms. The number of aryl methyl sites for hydroxylation is 1. The van der Waals surface area contributed by atoms with Crippen molar-refractivity contribution in [2.75, 3.05) is 11.1 Å². The second kappa shape index (κ2) is 6.14. The molecule has 1 aromatic heterocycles. The van der Waals surface area contributed by atoms with Gasteiger partial charge >= 0.3 is 0 Å². The van der Waals surface area contributed by atoms with Crippen LogP contribution in [0.15, 0.2) is 30.5 Å². The van der Waals surface area contributed by atoms with Crippen molar-refractivity contribution in [1.29, 1.82) is 0 Å². The van der Waals surface area contributed by atoms with Crippen LogP contribution in [-0.2, 0) is 0 Å². The zero-order valence-electron chi connectivity index (χ0n) is 12.3. The monoisotopic (exact) mass is 303 g/mol. The van der Waals surface area contributed by atoms with Gasteiger partial charge in [-0.25, -0.2) is 4.98 Å². The molecule has 0 aliphatic rings. The van der Waals surface area contributed by atoms with E-state index in [4.69, 9.17) is 17.3 Å². The highest BCUT2D eigenvalue weighted by molar-refractivity contribution is 6.30. The van der Waals surface area contributed by atoms with Gasteiger partial charge in [0.15, 0.2) is 0 Å². The smallest absolute Gasteiger partial charge is 0.257 e. The van der Waals surface area contributed by atoms with E-state index in [0.29, 0.717) is 17.2 Å². The van der Waals surface area contributed by atoms with E-state index >= 15 is 0 Å². The Hall–Kier alpha value is -2.07. The van der Waals surface area contributed by atoms with Crippen molar-refractivity contribution < 1.29 is 4.79 Å². The normalized spacial score (nSPS) is 10.7. The molecule has 0 aliphatic carbocycles. The summed E-state index contributed by atoms with van der Waals surface area (Å²) in [5.74, 6) is 0.0200. The van der Waals surface area contributed by atoms with Crippen LogP contribution in [-0.4, -0.2) is 10.9 Å². The molecule has 0 fully saturated rings. The SMILES string of the molecule is Cc1cccc(C(C)C)c1NC(=O)c1cc(Cl)ncc1N. The number of nitrogen functional groups attached to an aromatic ring is 1. The van der Waals surface area contributed by atoms with E-state index < -0.39 is 0 Å². The first-order chi connectivity index (χ1) is 9.90. The number of pyridine rings is 1. The molecule has 3 N–H and O–H groups in total. The largest absolute Gasteiger partial charge is 0.397 e. The fourth-order valence-corrected chi connectivity index (χ4v) is 2.32. The molecular formula is C16H18ClN3O. The number of nitrogens with two attached hydrogens (primary N) is 1. The van der Waals surface area contributed by atoms with Gasteiger partial charge in [-0.05, 0) is 30.0 Å². The molecule has 2 aromatic rings. The summed E-state index contributed by atoms with van der Waals surface area (Å²) in [5, 5.41) is 3.18. The number of carbonyl (C=O) groups excluding carboxylic acids is 1. The van der Waals surface area contributed by atoms with E-state index in [9.17, 15) is 4.79 Å². The van der Waals surface area contributed by atoms with Gasteiger partial charge in [0, 0.05) is 5.69 Å². The lowest BCUT2D eigenvalue weighted by Crippen LogP contribution is -2.16. The maximum absolute atomic E-state index is 12.4. The first-order valence-electron chi connectivity index (χ1n) is 6.72. The van der Waals surface area contributed by atoms with Crippen molar-refractivity contribution in [2.45, 2.75) is 26.7 Å². The maximum Gasteiger partial charge on any atom is 0.257 e. The number of carbonyl (C=O) groups is 1. The summed E-state index contributed by atoms with van der Waals surface area (Å²) in [4.78, 5) is 16.3. The second-order valence-corrected chi connectivity index (χ2v) is 5.63. The van der Waals surface area contributed by atoms with Gasteiger partial charge in [0.1, 0.15) is 5.15 Å². The van der Waals surface area contributed by atoms with Crippen LogP contribution in [0.25, 0.3) is 0 Å². The van der Waals surface area contributed by atoms with E-state index in [2.05, 4.69) is 24.1 Å². The van der Waals surface area contributed by atoms with Crippen LogP contribution in [0.3, 0.4) is 0 Å². The summed E-state index contributed by atoms with van der Waals surface area (Å²) in [7, 11) is 0. The van der Waals surface area contributed by atoms with Gasteiger partial charge in [0.2, 0.25) is 0 Å². The summed E-state index contributed by atoms with van der Waals surface area (Å²) in [6.45, 7) is 6.13. The average molecular weight is 304 g/mol. The summed E-state index contributed by atoms with van der Waals surface area (Å²) >= 11 is 5.83. The van der Waals surface area contributed by atoms with Crippen molar-refractivity contribution >= 4 is 28.9 Å². The van der Waals surface area contributed by atoms with Crippen LogP contribution in [0.4, 0.5) is 11.4 Å². The lowest BCUT2D eigenvalue weighted by atomic mass is 9.98. The fraction of sp³-hybridized carbons (Fsp3) is 0.250. The molecule has 1 amide bonds. The highest BCUT2D eigenvalue weighted by atomic mass is 35.5. The zero-order valence-corrected chi connectivity index (χ0v) is 13.0. The Morgan fingerprint density at radius 2 is 2.10 bits per heavy atom. The minimum Gasteiger partial charge on any atom is -0.397 e. The molecular weight excluding hydrogens is 286 g/mol. The first kappa shape index (κ1) is 15.3. The van der Waals surface area contributed by atoms with E-state index in [-0.39, 0.29) is 11.1 Å². The van der Waals surface area contributed by atoms with E-state index in [1.54, 1.807) is 0 Å². The van der Waals surface area contributed by atoms with Crippen molar-refractivity contribution in [1.82, 2.24) is 4.98 Å². The third-order valence-electron chi connectivity index (χ3n) is 3.31. The van der Waals surface area contributed by atoms with Crippen LogP contribution in [0.1, 0.15) is 41.3 Å². The molecule has 110 valence electrons. The summed E-state index contributed by atoms with van der Waals surface area (Å²) in [6, 6.07) is 7.43. The van der Waals surface area contributed by atoms with E-state index in [1.165, 1.54) is 12.3 Å². The Morgan fingerprint density at radius 3 is 2.76 bits per heavy atom. The minimum absolute atomic E-state index is 0.239. The number of halogens is 1. The molecule has 0 unspecified atom stereocenters. The molecule has 2 rings (SSSR count). The molecule has 0 bridgehead atoms. The topological polar surface area (TPSA) is 68.0 Å². The minimum atomic E-state index is -0.284. The molecule has 0 saturated heterocycles. The van der Waals surface area contributed by atoms with Crippen molar-refractivity contribution in [3.05, 3.63) is 52.3 Å². The number of nitrogens with one attached hydrogen (secondary N) is 1. The number of rotatable bonds is 3. The molecule has 5 heteroatoms. The van der Waals surface area contributed by atoms with Gasteiger partial charge in [-0.15, -0.1) is 0 Å². The number of hydrogen-bond acceptors (Lipinski definition) is 3. The Kier molecular flexibility index (Phi) is 4.48. The van der Waals surface area contributed by atoms with Crippen LogP contribution >= 0.6 is 11.6 Å². The summed E-state index contributed by atoms with van der Waals surface area (Å²) < 4.78 is 0. The predicted octanol–water partition coefficient (Wildman–Crippen LogP) is 4.00. The number of hydrogen-bond donors (Lipinski definition) is 2. The molecule has 0 radical (unpaired) electrons. The number of benzene rings is 1. The number of para-hydroxylation sites is 1. The van der Waals surface area contributed by atoms with Crippen LogP contribution in [0.2, 0.25) is 5.15 Å². The quantitative estimate of drug-likeness (QED) is 0.842. The van der Waals surface area contributed by atoms with E-state index in [0.717, 1.165) is 16.8 Å². The van der Waals surface area contributed by atoms with Crippen LogP contribution in [0, 0.1) is 6.92 Å². The van der Waals surface area contributed by atoms with Crippen molar-refractivity contribution in [2.24, 2.45) is 0 Å². The average Bonchev–Trinajstić information content (AvgIpc) is 2.43. The lowest BCUT2D eigenvalue weighted by molar-refractivity contribution is 0.102. The molecule has 0 atom stereocenters. The van der Waals surface area contributed by atoms with Gasteiger partial charge < -0.3 is 11.1 Å². The fourth-order valence-electron chi connectivity index (χ4n) is 2.16. The molecule has 1 aromatic carbocycles. The molecule has 0 saturated carbocycles.